The number of benzene rings is 1. The molecule has 0 saturated carbocycles. The van der Waals surface area contributed by atoms with Gasteiger partial charge in [-0.05, 0) is 17.7 Å². The van der Waals surface area contributed by atoms with Crippen molar-refractivity contribution < 1.29 is 29.3 Å². The summed E-state index contributed by atoms with van der Waals surface area (Å²) in [5.74, 6) is -2.19. The van der Waals surface area contributed by atoms with Crippen molar-refractivity contribution in [2.75, 3.05) is 25.1 Å². The van der Waals surface area contributed by atoms with Crippen LogP contribution in [0.2, 0.25) is 0 Å². The second kappa shape index (κ2) is 8.67. The summed E-state index contributed by atoms with van der Waals surface area (Å²) in [6, 6.07) is 6.57. The maximum absolute atomic E-state index is 11.5. The van der Waals surface area contributed by atoms with E-state index in [1.165, 1.54) is 0 Å². The Morgan fingerprint density at radius 1 is 1.05 bits per heavy atom. The first-order chi connectivity index (χ1) is 10.0. The van der Waals surface area contributed by atoms with Crippen LogP contribution in [0, 0.1) is 0 Å². The van der Waals surface area contributed by atoms with Crippen LogP contribution >= 0.6 is 0 Å². The van der Waals surface area contributed by atoms with Gasteiger partial charge in [-0.2, -0.15) is 0 Å². The maximum atomic E-state index is 11.5. The van der Waals surface area contributed by atoms with Gasteiger partial charge in [0, 0.05) is 5.69 Å². The molecule has 0 aliphatic rings. The Morgan fingerprint density at radius 2 is 1.71 bits per heavy atom. The van der Waals surface area contributed by atoms with Gasteiger partial charge in [-0.15, -0.1) is 0 Å². The predicted molar refractivity (Wildman–Crippen MR) is 72.5 cm³/mol. The molecule has 0 aliphatic heterocycles. The molecule has 0 aromatic heterocycles. The highest BCUT2D eigenvalue weighted by Gasteiger charge is 2.07. The first-order valence-corrected chi connectivity index (χ1v) is 6.07. The van der Waals surface area contributed by atoms with Crippen LogP contribution in [0.3, 0.4) is 0 Å². The van der Waals surface area contributed by atoms with Crippen molar-refractivity contribution >= 4 is 23.5 Å². The smallest absolute Gasteiger partial charge is 0.329 e. The molecule has 0 unspecified atom stereocenters. The lowest BCUT2D eigenvalue weighted by Gasteiger charge is -2.07. The van der Waals surface area contributed by atoms with E-state index in [0.29, 0.717) is 5.69 Å². The van der Waals surface area contributed by atoms with Gasteiger partial charge in [0.05, 0.1) is 13.2 Å². The predicted octanol–water partition coefficient (Wildman–Crippen LogP) is -0.665. The molecule has 2 amide bonds. The van der Waals surface area contributed by atoms with Crippen molar-refractivity contribution in [1.82, 2.24) is 5.32 Å². The van der Waals surface area contributed by atoms with Crippen LogP contribution in [0.25, 0.3) is 0 Å². The Bertz CT molecular complexity index is 500. The number of anilines is 1. The number of ether oxygens (including phenoxy) is 1. The molecule has 1 rings (SSSR count). The molecule has 8 nitrogen and oxygen atoms in total. The van der Waals surface area contributed by atoms with Gasteiger partial charge in [0.15, 0.2) is 0 Å². The number of carboxylic acid groups (broad SMARTS) is 1. The number of aliphatic hydroxyl groups excluding tert-OH is 1. The van der Waals surface area contributed by atoms with Gasteiger partial charge < -0.3 is 25.6 Å². The van der Waals surface area contributed by atoms with E-state index in [1.54, 1.807) is 24.3 Å². The number of carbonyl (C=O) groups is 3. The molecule has 114 valence electrons. The van der Waals surface area contributed by atoms with Gasteiger partial charge >= 0.3 is 5.97 Å². The monoisotopic (exact) mass is 296 g/mol. The number of rotatable bonds is 8. The quantitative estimate of drug-likeness (QED) is 0.504. The number of nitrogens with one attached hydrogen (secondary N) is 2. The van der Waals surface area contributed by atoms with Crippen molar-refractivity contribution in [2.24, 2.45) is 0 Å². The van der Waals surface area contributed by atoms with Gasteiger partial charge in [-0.3, -0.25) is 9.59 Å². The lowest BCUT2D eigenvalue weighted by molar-refractivity contribution is -0.143. The average Bonchev–Trinajstić information content (AvgIpc) is 2.45. The zero-order valence-electron chi connectivity index (χ0n) is 11.2. The zero-order chi connectivity index (χ0) is 15.7. The number of carbonyl (C=O) groups excluding carboxylic acids is 2. The number of amides is 2. The lowest BCUT2D eigenvalue weighted by atomic mass is 10.2. The first kappa shape index (κ1) is 16.6. The fourth-order valence-corrected chi connectivity index (χ4v) is 1.36. The molecule has 0 bridgehead atoms. The van der Waals surface area contributed by atoms with E-state index in [2.05, 4.69) is 15.4 Å². The minimum atomic E-state index is -1.17. The van der Waals surface area contributed by atoms with E-state index in [1.807, 2.05) is 0 Å². The molecule has 4 N–H and O–H groups in total. The summed E-state index contributed by atoms with van der Waals surface area (Å²) in [5, 5.41) is 22.0. The minimum Gasteiger partial charge on any atom is -0.480 e. The molecule has 0 atom stereocenters. The first-order valence-electron chi connectivity index (χ1n) is 6.07. The van der Waals surface area contributed by atoms with Crippen LogP contribution in [-0.2, 0) is 25.7 Å². The molecule has 8 heteroatoms. The van der Waals surface area contributed by atoms with Gasteiger partial charge in [-0.1, -0.05) is 12.1 Å². The number of hydrogen-bond donors (Lipinski definition) is 4. The average molecular weight is 296 g/mol. The third-order valence-electron chi connectivity index (χ3n) is 2.33. The SMILES string of the molecule is O=C(O)COCC(=O)NCC(=O)Nc1ccc(CO)cc1. The van der Waals surface area contributed by atoms with Crippen molar-refractivity contribution in [2.45, 2.75) is 6.61 Å². The van der Waals surface area contributed by atoms with Gasteiger partial charge in [0.25, 0.3) is 0 Å². The summed E-state index contributed by atoms with van der Waals surface area (Å²) in [5.41, 5.74) is 1.26. The Balaban J connectivity index is 2.26. The van der Waals surface area contributed by atoms with Crippen LogP contribution in [0.15, 0.2) is 24.3 Å². The highest BCUT2D eigenvalue weighted by atomic mass is 16.5. The summed E-state index contributed by atoms with van der Waals surface area (Å²) < 4.78 is 4.57. The Morgan fingerprint density at radius 3 is 2.29 bits per heavy atom. The summed E-state index contributed by atoms with van der Waals surface area (Å²) >= 11 is 0. The van der Waals surface area contributed by atoms with Crippen LogP contribution in [0.5, 0.6) is 0 Å². The van der Waals surface area contributed by atoms with Gasteiger partial charge in [0.2, 0.25) is 11.8 Å². The van der Waals surface area contributed by atoms with Crippen LogP contribution in [0.1, 0.15) is 5.56 Å². The van der Waals surface area contributed by atoms with E-state index < -0.39 is 31.0 Å². The van der Waals surface area contributed by atoms with E-state index in [0.717, 1.165) is 5.56 Å². The van der Waals surface area contributed by atoms with Crippen molar-refractivity contribution in [3.05, 3.63) is 29.8 Å². The molecule has 21 heavy (non-hydrogen) atoms. The molecular weight excluding hydrogens is 280 g/mol. The number of carboxylic acids is 1. The minimum absolute atomic E-state index is 0.0827. The van der Waals surface area contributed by atoms with E-state index in [-0.39, 0.29) is 13.2 Å². The third kappa shape index (κ3) is 7.04. The van der Waals surface area contributed by atoms with Gasteiger partial charge in [-0.25, -0.2) is 4.79 Å². The second-order valence-corrected chi connectivity index (χ2v) is 4.07. The Labute approximate surface area is 120 Å². The van der Waals surface area contributed by atoms with E-state index in [4.69, 9.17) is 10.2 Å². The van der Waals surface area contributed by atoms with Crippen LogP contribution < -0.4 is 10.6 Å². The molecule has 1 aromatic carbocycles. The lowest BCUT2D eigenvalue weighted by Crippen LogP contribution is -2.35. The van der Waals surface area contributed by atoms with Crippen LogP contribution in [0.4, 0.5) is 5.69 Å². The maximum Gasteiger partial charge on any atom is 0.329 e. The molecule has 0 spiro atoms. The van der Waals surface area contributed by atoms with E-state index in [9.17, 15) is 14.4 Å². The van der Waals surface area contributed by atoms with Crippen molar-refractivity contribution in [1.29, 1.82) is 0 Å². The van der Waals surface area contributed by atoms with E-state index >= 15 is 0 Å². The third-order valence-corrected chi connectivity index (χ3v) is 2.33. The highest BCUT2D eigenvalue weighted by molar-refractivity contribution is 5.94. The number of hydrogen-bond acceptors (Lipinski definition) is 5. The Hall–Kier alpha value is -2.45. The molecule has 0 saturated heterocycles. The normalized spacial score (nSPS) is 9.95. The Kier molecular flexibility index (Phi) is 6.85. The summed E-state index contributed by atoms with van der Waals surface area (Å²) in [7, 11) is 0. The zero-order valence-corrected chi connectivity index (χ0v) is 11.2. The number of aliphatic hydroxyl groups is 1. The molecule has 0 radical (unpaired) electrons. The largest absolute Gasteiger partial charge is 0.480 e. The van der Waals surface area contributed by atoms with Crippen molar-refractivity contribution in [3.8, 4) is 0 Å². The summed E-state index contributed by atoms with van der Waals surface area (Å²) in [6.45, 7) is -1.33. The molecule has 0 aliphatic carbocycles. The molecule has 0 fully saturated rings. The van der Waals surface area contributed by atoms with Crippen molar-refractivity contribution in [3.63, 3.8) is 0 Å². The summed E-state index contributed by atoms with van der Waals surface area (Å²) in [6.07, 6.45) is 0. The van der Waals surface area contributed by atoms with Gasteiger partial charge in [0.1, 0.15) is 13.2 Å². The number of aliphatic carboxylic acids is 1. The molecule has 0 heterocycles. The standard InChI is InChI=1S/C13H16N2O6/c16-6-9-1-3-10(4-2-9)15-11(17)5-14-12(18)7-21-8-13(19)20/h1-4,16H,5-8H2,(H,14,18)(H,15,17)(H,19,20). The second-order valence-electron chi connectivity index (χ2n) is 4.07. The molecular formula is C13H16N2O6. The van der Waals surface area contributed by atoms with Crippen LogP contribution in [-0.4, -0.2) is 47.8 Å². The fourth-order valence-electron chi connectivity index (χ4n) is 1.36. The molecule has 1 aromatic rings. The summed E-state index contributed by atoms with van der Waals surface area (Å²) in [4.78, 5) is 32.9. The fraction of sp³-hybridized carbons (Fsp3) is 0.308. The highest BCUT2D eigenvalue weighted by Crippen LogP contribution is 2.08. The topological polar surface area (TPSA) is 125 Å².